The van der Waals surface area contributed by atoms with Crippen molar-refractivity contribution in [1.29, 1.82) is 0 Å². The smallest absolute Gasteiger partial charge is 0.127 e. The van der Waals surface area contributed by atoms with Crippen LogP contribution in [0.5, 0.6) is 0 Å². The Balaban J connectivity index is 2.23. The van der Waals surface area contributed by atoms with E-state index in [4.69, 9.17) is 17.4 Å². The molecule has 2 rings (SSSR count). The third-order valence-electron chi connectivity index (χ3n) is 2.74. The Morgan fingerprint density at radius 2 is 2.33 bits per heavy atom. The van der Waals surface area contributed by atoms with Crippen LogP contribution in [0.3, 0.4) is 0 Å². The molecular formula is C12H13ClFN3S. The minimum atomic E-state index is -0.315. The molecule has 96 valence electrons. The number of nitrogens with zero attached hydrogens (tertiary/aromatic N) is 1. The molecule has 3 N–H and O–H groups in total. The Labute approximate surface area is 114 Å². The van der Waals surface area contributed by atoms with Crippen LogP contribution in [0.15, 0.2) is 23.7 Å². The van der Waals surface area contributed by atoms with Crippen LogP contribution in [0, 0.1) is 12.7 Å². The van der Waals surface area contributed by atoms with Crippen molar-refractivity contribution in [2.45, 2.75) is 19.4 Å². The van der Waals surface area contributed by atoms with Crippen LogP contribution in [-0.2, 0) is 6.42 Å². The molecule has 0 aliphatic carbocycles. The maximum atomic E-state index is 13.7. The van der Waals surface area contributed by atoms with Crippen LogP contribution in [-0.4, -0.2) is 4.98 Å². The third kappa shape index (κ3) is 2.87. The first kappa shape index (κ1) is 13.4. The molecule has 1 aromatic heterocycles. The number of hydrogen-bond acceptors (Lipinski definition) is 4. The number of nitrogens with one attached hydrogen (secondary N) is 1. The average molecular weight is 286 g/mol. The lowest BCUT2D eigenvalue weighted by atomic mass is 10.0. The van der Waals surface area contributed by atoms with E-state index in [9.17, 15) is 4.39 Å². The number of halogens is 2. The third-order valence-corrected chi connectivity index (χ3v) is 4.02. The highest BCUT2D eigenvalue weighted by molar-refractivity contribution is 7.09. The SMILES string of the molecule is Cc1ncsc1C(Cc1ccc(Cl)cc1F)NN. The van der Waals surface area contributed by atoms with Crippen LogP contribution in [0.4, 0.5) is 4.39 Å². The molecule has 0 aliphatic rings. The Kier molecular flexibility index (Phi) is 4.29. The van der Waals surface area contributed by atoms with E-state index >= 15 is 0 Å². The van der Waals surface area contributed by atoms with Crippen molar-refractivity contribution in [3.05, 3.63) is 50.7 Å². The van der Waals surface area contributed by atoms with Gasteiger partial charge in [0.05, 0.1) is 17.2 Å². The van der Waals surface area contributed by atoms with Gasteiger partial charge >= 0.3 is 0 Å². The Morgan fingerprint density at radius 3 is 2.89 bits per heavy atom. The highest BCUT2D eigenvalue weighted by Crippen LogP contribution is 2.26. The van der Waals surface area contributed by atoms with Gasteiger partial charge in [0.1, 0.15) is 5.82 Å². The van der Waals surface area contributed by atoms with Crippen LogP contribution in [0.2, 0.25) is 5.02 Å². The summed E-state index contributed by atoms with van der Waals surface area (Å²) in [6.07, 6.45) is 0.461. The van der Waals surface area contributed by atoms with Crippen LogP contribution in [0.1, 0.15) is 22.2 Å². The number of aryl methyl sites for hydroxylation is 1. The molecular weight excluding hydrogens is 273 g/mol. The summed E-state index contributed by atoms with van der Waals surface area (Å²) in [4.78, 5) is 5.19. The van der Waals surface area contributed by atoms with Crippen molar-refractivity contribution >= 4 is 22.9 Å². The van der Waals surface area contributed by atoms with E-state index in [0.717, 1.165) is 10.6 Å². The molecule has 0 radical (unpaired) electrons. The summed E-state index contributed by atoms with van der Waals surface area (Å²) >= 11 is 7.23. The summed E-state index contributed by atoms with van der Waals surface area (Å²) < 4.78 is 13.7. The molecule has 2 aromatic rings. The number of hydrazine groups is 1. The first-order valence-electron chi connectivity index (χ1n) is 5.42. The first-order valence-corrected chi connectivity index (χ1v) is 6.67. The molecule has 0 saturated carbocycles. The van der Waals surface area contributed by atoms with Gasteiger partial charge in [-0.25, -0.2) is 9.37 Å². The Bertz CT molecular complexity index is 544. The Morgan fingerprint density at radius 1 is 1.56 bits per heavy atom. The van der Waals surface area contributed by atoms with E-state index in [1.54, 1.807) is 17.6 Å². The fourth-order valence-electron chi connectivity index (χ4n) is 1.78. The molecule has 1 aromatic carbocycles. The standard InChI is InChI=1S/C12H13ClFN3S/c1-7-12(18-6-16-7)11(17-15)4-8-2-3-9(13)5-10(8)14/h2-3,5-6,11,17H,4,15H2,1H3. The molecule has 1 unspecified atom stereocenters. The second-order valence-electron chi connectivity index (χ2n) is 3.96. The van der Waals surface area contributed by atoms with Gasteiger partial charge in [-0.05, 0) is 31.0 Å². The topological polar surface area (TPSA) is 50.9 Å². The van der Waals surface area contributed by atoms with E-state index in [2.05, 4.69) is 10.4 Å². The highest BCUT2D eigenvalue weighted by Gasteiger charge is 2.17. The number of rotatable bonds is 4. The van der Waals surface area contributed by atoms with Crippen molar-refractivity contribution in [2.75, 3.05) is 0 Å². The van der Waals surface area contributed by atoms with Crippen molar-refractivity contribution in [2.24, 2.45) is 5.84 Å². The van der Waals surface area contributed by atoms with Crippen molar-refractivity contribution in [3.8, 4) is 0 Å². The maximum Gasteiger partial charge on any atom is 0.127 e. The van der Waals surface area contributed by atoms with Gasteiger partial charge in [-0.3, -0.25) is 11.3 Å². The normalized spacial score (nSPS) is 12.7. The predicted octanol–water partition coefficient (Wildman–Crippen LogP) is 2.99. The minimum absolute atomic E-state index is 0.145. The number of thiazole rings is 1. The molecule has 0 amide bonds. The fourth-order valence-corrected chi connectivity index (χ4v) is 2.80. The van der Waals surface area contributed by atoms with Crippen LogP contribution >= 0.6 is 22.9 Å². The van der Waals surface area contributed by atoms with Gasteiger partial charge in [-0.2, -0.15) is 0 Å². The van der Waals surface area contributed by atoms with E-state index in [1.165, 1.54) is 17.4 Å². The molecule has 0 spiro atoms. The molecule has 18 heavy (non-hydrogen) atoms. The lowest BCUT2D eigenvalue weighted by Gasteiger charge is -2.15. The molecule has 0 bridgehead atoms. The minimum Gasteiger partial charge on any atom is -0.271 e. The molecule has 3 nitrogen and oxygen atoms in total. The molecule has 0 aliphatic heterocycles. The van der Waals surface area contributed by atoms with Crippen molar-refractivity contribution in [3.63, 3.8) is 0 Å². The first-order chi connectivity index (χ1) is 8.61. The van der Waals surface area contributed by atoms with E-state index in [0.29, 0.717) is 17.0 Å². The zero-order valence-electron chi connectivity index (χ0n) is 9.78. The van der Waals surface area contributed by atoms with Crippen LogP contribution < -0.4 is 11.3 Å². The number of hydrogen-bond donors (Lipinski definition) is 2. The van der Waals surface area contributed by atoms with Gasteiger partial charge < -0.3 is 0 Å². The van der Waals surface area contributed by atoms with Crippen LogP contribution in [0.25, 0.3) is 0 Å². The predicted molar refractivity (Wildman–Crippen MR) is 72.0 cm³/mol. The quantitative estimate of drug-likeness (QED) is 0.671. The van der Waals surface area contributed by atoms with Crippen molar-refractivity contribution < 1.29 is 4.39 Å². The van der Waals surface area contributed by atoms with E-state index in [-0.39, 0.29) is 11.9 Å². The summed E-state index contributed by atoms with van der Waals surface area (Å²) in [5.41, 5.74) is 5.96. The van der Waals surface area contributed by atoms with E-state index < -0.39 is 0 Å². The number of nitrogens with two attached hydrogens (primary N) is 1. The molecule has 0 saturated heterocycles. The summed E-state index contributed by atoms with van der Waals surface area (Å²) in [5, 5.41) is 0.391. The summed E-state index contributed by atoms with van der Waals surface area (Å²) in [7, 11) is 0. The second-order valence-corrected chi connectivity index (χ2v) is 5.28. The zero-order chi connectivity index (χ0) is 13.1. The van der Waals surface area contributed by atoms with Crippen molar-refractivity contribution in [1.82, 2.24) is 10.4 Å². The zero-order valence-corrected chi connectivity index (χ0v) is 11.4. The van der Waals surface area contributed by atoms with Gasteiger partial charge in [0.25, 0.3) is 0 Å². The van der Waals surface area contributed by atoms with Gasteiger partial charge in [0.2, 0.25) is 0 Å². The number of aromatic nitrogens is 1. The summed E-state index contributed by atoms with van der Waals surface area (Å²) in [6, 6.07) is 4.52. The summed E-state index contributed by atoms with van der Waals surface area (Å²) in [6.45, 7) is 1.91. The molecule has 1 heterocycles. The van der Waals surface area contributed by atoms with Gasteiger partial charge in [-0.1, -0.05) is 17.7 Å². The molecule has 6 heteroatoms. The lowest BCUT2D eigenvalue weighted by molar-refractivity contribution is 0.533. The molecule has 0 fully saturated rings. The van der Waals surface area contributed by atoms with Gasteiger partial charge in [-0.15, -0.1) is 11.3 Å². The maximum absolute atomic E-state index is 13.7. The second kappa shape index (κ2) is 5.75. The number of benzene rings is 1. The highest BCUT2D eigenvalue weighted by atomic mass is 35.5. The fraction of sp³-hybridized carbons (Fsp3) is 0.250. The largest absolute Gasteiger partial charge is 0.271 e. The van der Waals surface area contributed by atoms with Gasteiger partial charge in [0, 0.05) is 9.90 Å². The molecule has 1 atom stereocenters. The Hall–Kier alpha value is -1.01. The monoisotopic (exact) mass is 285 g/mol. The summed E-state index contributed by atoms with van der Waals surface area (Å²) in [5.74, 6) is 5.23. The van der Waals surface area contributed by atoms with E-state index in [1.807, 2.05) is 6.92 Å². The average Bonchev–Trinajstić information content (AvgIpc) is 2.75. The van der Waals surface area contributed by atoms with Gasteiger partial charge in [0.15, 0.2) is 0 Å². The lowest BCUT2D eigenvalue weighted by Crippen LogP contribution is -2.29.